The third-order valence-electron chi connectivity index (χ3n) is 4.73. The normalized spacial score (nSPS) is 18.3. The molecular weight excluding hydrogens is 362 g/mol. The standard InChI is InChI=1S/C22H24F2N2O2/c1-15-14-26(11-12-28-15)19-7-3-6-18(13-19)16(2)25-21(27)10-9-17-5-4-8-20(23)22(17)24/h3-10,13,15-16H,11-12,14H2,1-2H3,(H,25,27). The van der Waals surface area contributed by atoms with Gasteiger partial charge in [0.25, 0.3) is 0 Å². The minimum atomic E-state index is -0.966. The molecule has 28 heavy (non-hydrogen) atoms. The molecule has 0 bridgehead atoms. The van der Waals surface area contributed by atoms with E-state index < -0.39 is 11.6 Å². The fourth-order valence-corrected chi connectivity index (χ4v) is 3.20. The second-order valence-corrected chi connectivity index (χ2v) is 6.93. The fraction of sp³-hybridized carbons (Fsp3) is 0.318. The van der Waals surface area contributed by atoms with Crippen LogP contribution in [0, 0.1) is 11.6 Å². The van der Waals surface area contributed by atoms with Gasteiger partial charge in [-0.15, -0.1) is 0 Å². The molecule has 0 spiro atoms. The van der Waals surface area contributed by atoms with Crippen molar-refractivity contribution in [2.75, 3.05) is 24.6 Å². The summed E-state index contributed by atoms with van der Waals surface area (Å²) in [6, 6.07) is 11.6. The predicted molar refractivity (Wildman–Crippen MR) is 106 cm³/mol. The highest BCUT2D eigenvalue weighted by atomic mass is 19.2. The van der Waals surface area contributed by atoms with Crippen LogP contribution in [0.4, 0.5) is 14.5 Å². The molecule has 1 fully saturated rings. The van der Waals surface area contributed by atoms with Crippen molar-refractivity contribution < 1.29 is 18.3 Å². The second-order valence-electron chi connectivity index (χ2n) is 6.93. The van der Waals surface area contributed by atoms with Crippen LogP contribution in [-0.2, 0) is 9.53 Å². The first-order valence-electron chi connectivity index (χ1n) is 9.33. The Morgan fingerprint density at radius 1 is 1.29 bits per heavy atom. The minimum absolute atomic E-state index is 0.0336. The monoisotopic (exact) mass is 386 g/mol. The third-order valence-corrected chi connectivity index (χ3v) is 4.73. The summed E-state index contributed by atoms with van der Waals surface area (Å²) in [6.07, 6.45) is 2.66. The first kappa shape index (κ1) is 20.0. The number of nitrogens with zero attached hydrogens (tertiary/aromatic N) is 1. The number of benzene rings is 2. The van der Waals surface area contributed by atoms with Crippen molar-refractivity contribution in [3.63, 3.8) is 0 Å². The lowest BCUT2D eigenvalue weighted by atomic mass is 10.1. The van der Waals surface area contributed by atoms with Crippen LogP contribution in [0.3, 0.4) is 0 Å². The molecule has 0 aromatic heterocycles. The lowest BCUT2D eigenvalue weighted by molar-refractivity contribution is -0.117. The van der Waals surface area contributed by atoms with Gasteiger partial charge in [-0.2, -0.15) is 0 Å². The predicted octanol–water partition coefficient (Wildman–Crippen LogP) is 4.08. The zero-order chi connectivity index (χ0) is 20.1. The number of carbonyl (C=O) groups excluding carboxylic acids is 1. The Labute approximate surface area is 163 Å². The number of amides is 1. The van der Waals surface area contributed by atoms with Gasteiger partial charge in [-0.05, 0) is 43.7 Å². The van der Waals surface area contributed by atoms with E-state index in [1.807, 2.05) is 32.0 Å². The first-order chi connectivity index (χ1) is 13.4. The summed E-state index contributed by atoms with van der Waals surface area (Å²) in [5.74, 6) is -2.28. The van der Waals surface area contributed by atoms with Gasteiger partial charge in [0.1, 0.15) is 0 Å². The molecule has 4 nitrogen and oxygen atoms in total. The Morgan fingerprint density at radius 3 is 2.86 bits per heavy atom. The van der Waals surface area contributed by atoms with Crippen LogP contribution in [0.1, 0.15) is 31.0 Å². The number of hydrogen-bond acceptors (Lipinski definition) is 3. The van der Waals surface area contributed by atoms with Gasteiger partial charge in [0.2, 0.25) is 5.91 Å². The molecule has 3 rings (SSSR count). The molecule has 2 aromatic carbocycles. The van der Waals surface area contributed by atoms with Gasteiger partial charge in [0.05, 0.1) is 18.8 Å². The minimum Gasteiger partial charge on any atom is -0.375 e. The van der Waals surface area contributed by atoms with E-state index in [4.69, 9.17) is 4.74 Å². The highest BCUT2D eigenvalue weighted by Crippen LogP contribution is 2.22. The Morgan fingerprint density at radius 2 is 2.07 bits per heavy atom. The topological polar surface area (TPSA) is 41.6 Å². The maximum absolute atomic E-state index is 13.7. The van der Waals surface area contributed by atoms with Crippen LogP contribution >= 0.6 is 0 Å². The Bertz CT molecular complexity index is 869. The van der Waals surface area contributed by atoms with Crippen LogP contribution in [-0.4, -0.2) is 31.7 Å². The average Bonchev–Trinajstić information content (AvgIpc) is 2.69. The Balaban J connectivity index is 1.65. The summed E-state index contributed by atoms with van der Waals surface area (Å²) in [5, 5.41) is 2.85. The third kappa shape index (κ3) is 4.95. The summed E-state index contributed by atoms with van der Waals surface area (Å²) in [4.78, 5) is 14.4. The Hall–Kier alpha value is -2.73. The summed E-state index contributed by atoms with van der Waals surface area (Å²) in [6.45, 7) is 6.28. The van der Waals surface area contributed by atoms with Crippen molar-refractivity contribution in [2.45, 2.75) is 26.0 Å². The molecular formula is C22H24F2N2O2. The van der Waals surface area contributed by atoms with E-state index >= 15 is 0 Å². The molecule has 2 aromatic rings. The SMILES string of the molecule is CC1CN(c2cccc(C(C)NC(=O)C=Cc3cccc(F)c3F)c2)CCO1. The van der Waals surface area contributed by atoms with Crippen LogP contribution in [0.15, 0.2) is 48.5 Å². The molecule has 2 unspecified atom stereocenters. The van der Waals surface area contributed by atoms with Crippen LogP contribution < -0.4 is 10.2 Å². The van der Waals surface area contributed by atoms with Crippen LogP contribution in [0.2, 0.25) is 0 Å². The van der Waals surface area contributed by atoms with E-state index in [2.05, 4.69) is 16.3 Å². The number of halogens is 2. The number of morpholine rings is 1. The van der Waals surface area contributed by atoms with Gasteiger partial charge in [0.15, 0.2) is 11.6 Å². The smallest absolute Gasteiger partial charge is 0.244 e. The quantitative estimate of drug-likeness (QED) is 0.788. The van der Waals surface area contributed by atoms with Crippen molar-refractivity contribution in [2.24, 2.45) is 0 Å². The van der Waals surface area contributed by atoms with E-state index in [-0.39, 0.29) is 23.6 Å². The number of carbonyl (C=O) groups is 1. The summed E-state index contributed by atoms with van der Waals surface area (Å²) in [5.41, 5.74) is 2.09. The van der Waals surface area contributed by atoms with E-state index in [9.17, 15) is 13.6 Å². The highest BCUT2D eigenvalue weighted by molar-refractivity contribution is 5.92. The van der Waals surface area contributed by atoms with Crippen molar-refractivity contribution in [1.82, 2.24) is 5.32 Å². The molecule has 1 heterocycles. The Kier molecular flexibility index (Phi) is 6.41. The van der Waals surface area contributed by atoms with Crippen molar-refractivity contribution >= 4 is 17.7 Å². The molecule has 0 aliphatic carbocycles. The first-order valence-corrected chi connectivity index (χ1v) is 9.33. The molecule has 1 amide bonds. The highest BCUT2D eigenvalue weighted by Gasteiger charge is 2.18. The number of ether oxygens (including phenoxy) is 1. The molecule has 2 atom stereocenters. The number of nitrogens with one attached hydrogen (secondary N) is 1. The fourth-order valence-electron chi connectivity index (χ4n) is 3.20. The van der Waals surface area contributed by atoms with Gasteiger partial charge >= 0.3 is 0 Å². The molecule has 1 aliphatic heterocycles. The maximum atomic E-state index is 13.7. The van der Waals surface area contributed by atoms with Crippen molar-refractivity contribution in [3.8, 4) is 0 Å². The number of anilines is 1. The van der Waals surface area contributed by atoms with E-state index in [1.54, 1.807) is 0 Å². The molecule has 1 N–H and O–H groups in total. The van der Waals surface area contributed by atoms with E-state index in [0.717, 1.165) is 30.4 Å². The molecule has 0 radical (unpaired) electrons. The lowest BCUT2D eigenvalue weighted by Gasteiger charge is -2.33. The summed E-state index contributed by atoms with van der Waals surface area (Å²) >= 11 is 0. The zero-order valence-corrected chi connectivity index (χ0v) is 16.0. The number of hydrogen-bond donors (Lipinski definition) is 1. The van der Waals surface area contributed by atoms with Gasteiger partial charge in [-0.1, -0.05) is 24.3 Å². The molecule has 6 heteroatoms. The van der Waals surface area contributed by atoms with Crippen molar-refractivity contribution in [1.29, 1.82) is 0 Å². The van der Waals surface area contributed by atoms with Crippen molar-refractivity contribution in [3.05, 3.63) is 71.3 Å². The van der Waals surface area contributed by atoms with Gasteiger partial charge < -0.3 is 15.0 Å². The molecule has 0 saturated carbocycles. The van der Waals surface area contributed by atoms with Gasteiger partial charge in [-0.3, -0.25) is 4.79 Å². The van der Waals surface area contributed by atoms with Gasteiger partial charge in [0, 0.05) is 30.4 Å². The lowest BCUT2D eigenvalue weighted by Crippen LogP contribution is -2.41. The largest absolute Gasteiger partial charge is 0.375 e. The molecule has 148 valence electrons. The van der Waals surface area contributed by atoms with Crippen LogP contribution in [0.5, 0.6) is 0 Å². The molecule has 1 aliphatic rings. The van der Waals surface area contributed by atoms with E-state index in [0.29, 0.717) is 6.61 Å². The summed E-state index contributed by atoms with van der Waals surface area (Å²) < 4.78 is 32.5. The molecule has 1 saturated heterocycles. The number of rotatable bonds is 5. The zero-order valence-electron chi connectivity index (χ0n) is 16.0. The average molecular weight is 386 g/mol. The second kappa shape index (κ2) is 8.97. The summed E-state index contributed by atoms with van der Waals surface area (Å²) in [7, 11) is 0. The van der Waals surface area contributed by atoms with E-state index in [1.165, 1.54) is 24.3 Å². The maximum Gasteiger partial charge on any atom is 0.244 e. The van der Waals surface area contributed by atoms with Crippen LogP contribution in [0.25, 0.3) is 6.08 Å². The van der Waals surface area contributed by atoms with Gasteiger partial charge in [-0.25, -0.2) is 8.78 Å².